The molecule has 2 aromatic rings. The predicted molar refractivity (Wildman–Crippen MR) is 85.0 cm³/mol. The number of rotatable bonds is 4. The number of nitrogens with zero attached hydrogens (tertiary/aromatic N) is 2. The monoisotopic (exact) mass is 334 g/mol. The molecule has 1 aromatic heterocycles. The summed E-state index contributed by atoms with van der Waals surface area (Å²) in [5.41, 5.74) is 0.804. The van der Waals surface area contributed by atoms with Gasteiger partial charge in [0, 0.05) is 31.4 Å². The SMILES string of the molecule is O=C(Cc1ccc(F)cc1)N1CCC(Oc2ccncc2Cl)C1. The summed E-state index contributed by atoms with van der Waals surface area (Å²) < 4.78 is 18.7. The normalized spacial score (nSPS) is 17.3. The summed E-state index contributed by atoms with van der Waals surface area (Å²) in [6.07, 6.45) is 4.10. The Bertz CT molecular complexity index is 693. The van der Waals surface area contributed by atoms with Gasteiger partial charge in [-0.1, -0.05) is 23.7 Å². The maximum absolute atomic E-state index is 12.9. The van der Waals surface area contributed by atoms with Gasteiger partial charge in [0.2, 0.25) is 5.91 Å². The number of aromatic nitrogens is 1. The summed E-state index contributed by atoms with van der Waals surface area (Å²) in [7, 11) is 0. The van der Waals surface area contributed by atoms with Crippen molar-refractivity contribution in [3.63, 3.8) is 0 Å². The smallest absolute Gasteiger partial charge is 0.227 e. The van der Waals surface area contributed by atoms with Crippen molar-refractivity contribution in [2.24, 2.45) is 0 Å². The van der Waals surface area contributed by atoms with Crippen molar-refractivity contribution in [3.05, 3.63) is 59.1 Å². The van der Waals surface area contributed by atoms with Crippen molar-refractivity contribution in [2.75, 3.05) is 13.1 Å². The summed E-state index contributed by atoms with van der Waals surface area (Å²) in [6, 6.07) is 7.71. The number of halogens is 2. The first-order valence-corrected chi connectivity index (χ1v) is 7.78. The highest BCUT2D eigenvalue weighted by molar-refractivity contribution is 6.31. The molecule has 3 rings (SSSR count). The molecule has 4 nitrogen and oxygen atoms in total. The summed E-state index contributed by atoms with van der Waals surface area (Å²) >= 11 is 6.02. The Morgan fingerprint density at radius 1 is 1.35 bits per heavy atom. The Labute approximate surface area is 138 Å². The Kier molecular flexibility index (Phi) is 4.76. The van der Waals surface area contributed by atoms with Gasteiger partial charge >= 0.3 is 0 Å². The minimum atomic E-state index is -0.301. The molecule has 6 heteroatoms. The highest BCUT2D eigenvalue weighted by atomic mass is 35.5. The number of carbonyl (C=O) groups is 1. The summed E-state index contributed by atoms with van der Waals surface area (Å²) in [6.45, 7) is 1.17. The zero-order valence-corrected chi connectivity index (χ0v) is 13.2. The van der Waals surface area contributed by atoms with Crippen LogP contribution < -0.4 is 4.74 Å². The molecule has 0 N–H and O–H groups in total. The fourth-order valence-corrected chi connectivity index (χ4v) is 2.74. The molecule has 1 fully saturated rings. The fraction of sp³-hybridized carbons (Fsp3) is 0.294. The number of amides is 1. The molecule has 1 unspecified atom stereocenters. The first-order valence-electron chi connectivity index (χ1n) is 7.40. The lowest BCUT2D eigenvalue weighted by Gasteiger charge is -2.17. The topological polar surface area (TPSA) is 42.4 Å². The summed E-state index contributed by atoms with van der Waals surface area (Å²) in [5, 5.41) is 0.462. The minimum Gasteiger partial charge on any atom is -0.487 e. The largest absolute Gasteiger partial charge is 0.487 e. The van der Waals surface area contributed by atoms with E-state index in [2.05, 4.69) is 4.98 Å². The highest BCUT2D eigenvalue weighted by Crippen LogP contribution is 2.25. The van der Waals surface area contributed by atoms with Crippen LogP contribution in [0.5, 0.6) is 5.75 Å². The number of hydrogen-bond acceptors (Lipinski definition) is 3. The van der Waals surface area contributed by atoms with Crippen LogP contribution in [0.15, 0.2) is 42.7 Å². The second-order valence-electron chi connectivity index (χ2n) is 5.48. The number of carbonyl (C=O) groups excluding carboxylic acids is 1. The molecule has 1 saturated heterocycles. The second-order valence-corrected chi connectivity index (χ2v) is 5.88. The van der Waals surface area contributed by atoms with Crippen LogP contribution in [0.1, 0.15) is 12.0 Å². The average molecular weight is 335 g/mol. The van der Waals surface area contributed by atoms with Crippen LogP contribution in [0.4, 0.5) is 4.39 Å². The molecule has 0 bridgehead atoms. The molecule has 120 valence electrons. The van der Waals surface area contributed by atoms with E-state index in [0.29, 0.717) is 23.9 Å². The summed E-state index contributed by atoms with van der Waals surface area (Å²) in [4.78, 5) is 18.0. The van der Waals surface area contributed by atoms with Gasteiger partial charge in [-0.2, -0.15) is 0 Å². The first kappa shape index (κ1) is 15.7. The number of benzene rings is 1. The van der Waals surface area contributed by atoms with Crippen LogP contribution in [0.25, 0.3) is 0 Å². The summed E-state index contributed by atoms with van der Waals surface area (Å²) in [5.74, 6) is 0.299. The van der Waals surface area contributed by atoms with Crippen molar-refractivity contribution < 1.29 is 13.9 Å². The third kappa shape index (κ3) is 3.99. The molecular formula is C17H16ClFN2O2. The second kappa shape index (κ2) is 6.96. The van der Waals surface area contributed by atoms with Gasteiger partial charge in [-0.05, 0) is 17.7 Å². The van der Waals surface area contributed by atoms with E-state index < -0.39 is 0 Å². The molecule has 1 aliphatic rings. The first-order chi connectivity index (χ1) is 11.1. The van der Waals surface area contributed by atoms with E-state index in [1.54, 1.807) is 29.3 Å². The van der Waals surface area contributed by atoms with E-state index in [9.17, 15) is 9.18 Å². The highest BCUT2D eigenvalue weighted by Gasteiger charge is 2.27. The molecule has 23 heavy (non-hydrogen) atoms. The molecule has 1 aromatic carbocycles. The molecule has 0 saturated carbocycles. The van der Waals surface area contributed by atoms with E-state index in [0.717, 1.165) is 12.0 Å². The lowest BCUT2D eigenvalue weighted by atomic mass is 10.1. The van der Waals surface area contributed by atoms with E-state index in [1.165, 1.54) is 18.3 Å². The van der Waals surface area contributed by atoms with Gasteiger partial charge in [-0.15, -0.1) is 0 Å². The van der Waals surface area contributed by atoms with Crippen LogP contribution >= 0.6 is 11.6 Å². The van der Waals surface area contributed by atoms with Gasteiger partial charge in [0.25, 0.3) is 0 Å². The van der Waals surface area contributed by atoms with Gasteiger partial charge in [-0.25, -0.2) is 4.39 Å². The maximum atomic E-state index is 12.9. The molecule has 1 aliphatic heterocycles. The Morgan fingerprint density at radius 3 is 2.87 bits per heavy atom. The molecule has 2 heterocycles. The maximum Gasteiger partial charge on any atom is 0.227 e. The average Bonchev–Trinajstić information content (AvgIpc) is 3.01. The van der Waals surface area contributed by atoms with E-state index in [4.69, 9.17) is 16.3 Å². The Hall–Kier alpha value is -2.14. The van der Waals surface area contributed by atoms with Crippen LogP contribution in [0.2, 0.25) is 5.02 Å². The lowest BCUT2D eigenvalue weighted by Crippen LogP contribution is -2.32. The van der Waals surface area contributed by atoms with Gasteiger partial charge in [-0.3, -0.25) is 9.78 Å². The molecule has 1 atom stereocenters. The molecule has 0 aliphatic carbocycles. The number of ether oxygens (including phenoxy) is 1. The van der Waals surface area contributed by atoms with Gasteiger partial charge in [0.15, 0.2) is 0 Å². The van der Waals surface area contributed by atoms with Crippen LogP contribution in [0.3, 0.4) is 0 Å². The zero-order valence-electron chi connectivity index (χ0n) is 12.4. The minimum absolute atomic E-state index is 0.0172. The third-order valence-corrected chi connectivity index (χ3v) is 4.08. The van der Waals surface area contributed by atoms with E-state index in [1.807, 2.05) is 0 Å². The van der Waals surface area contributed by atoms with Crippen molar-refractivity contribution in [2.45, 2.75) is 18.9 Å². The molecule has 0 spiro atoms. The fourth-order valence-electron chi connectivity index (χ4n) is 2.58. The standard InChI is InChI=1S/C17H16ClFN2O2/c18-15-10-20-7-5-16(15)23-14-6-8-21(11-14)17(22)9-12-1-3-13(19)4-2-12/h1-5,7,10,14H,6,8-9,11H2. The Morgan fingerprint density at radius 2 is 2.13 bits per heavy atom. The van der Waals surface area contributed by atoms with Gasteiger partial charge < -0.3 is 9.64 Å². The zero-order chi connectivity index (χ0) is 16.2. The van der Waals surface area contributed by atoms with Gasteiger partial charge in [0.05, 0.1) is 13.0 Å². The molecule has 1 amide bonds. The Balaban J connectivity index is 1.55. The van der Waals surface area contributed by atoms with Crippen LogP contribution in [-0.4, -0.2) is 35.0 Å². The number of hydrogen-bond donors (Lipinski definition) is 0. The van der Waals surface area contributed by atoms with Crippen molar-refractivity contribution >= 4 is 17.5 Å². The van der Waals surface area contributed by atoms with E-state index >= 15 is 0 Å². The van der Waals surface area contributed by atoms with Crippen molar-refractivity contribution in [1.82, 2.24) is 9.88 Å². The quantitative estimate of drug-likeness (QED) is 0.863. The molecule has 0 radical (unpaired) electrons. The van der Waals surface area contributed by atoms with Crippen molar-refractivity contribution in [3.8, 4) is 5.75 Å². The van der Waals surface area contributed by atoms with E-state index in [-0.39, 0.29) is 24.2 Å². The third-order valence-electron chi connectivity index (χ3n) is 3.80. The van der Waals surface area contributed by atoms with Gasteiger partial charge in [0.1, 0.15) is 22.7 Å². The number of likely N-dealkylation sites (tertiary alicyclic amines) is 1. The lowest BCUT2D eigenvalue weighted by molar-refractivity contribution is -0.129. The van der Waals surface area contributed by atoms with Crippen molar-refractivity contribution in [1.29, 1.82) is 0 Å². The number of pyridine rings is 1. The predicted octanol–water partition coefficient (Wildman–Crippen LogP) is 3.10. The van der Waals surface area contributed by atoms with Crippen LogP contribution in [-0.2, 0) is 11.2 Å². The molecular weight excluding hydrogens is 319 g/mol. The van der Waals surface area contributed by atoms with Crippen LogP contribution in [0, 0.1) is 5.82 Å².